The summed E-state index contributed by atoms with van der Waals surface area (Å²) >= 11 is 5.69. The number of pyridine rings is 1. The summed E-state index contributed by atoms with van der Waals surface area (Å²) in [6.45, 7) is 0. The molecular formula is C13H8ClFN2O3. The van der Waals surface area contributed by atoms with Gasteiger partial charge in [0.05, 0.1) is 11.1 Å². The molecule has 1 aromatic carbocycles. The monoisotopic (exact) mass is 294 g/mol. The molecule has 0 saturated heterocycles. The predicted molar refractivity (Wildman–Crippen MR) is 70.6 cm³/mol. The van der Waals surface area contributed by atoms with Crippen LogP contribution in [0.5, 0.6) is 0 Å². The molecule has 2 aromatic rings. The highest BCUT2D eigenvalue weighted by Gasteiger charge is 2.13. The second kappa shape index (κ2) is 5.66. The molecule has 0 bridgehead atoms. The van der Waals surface area contributed by atoms with Gasteiger partial charge in [-0.3, -0.25) is 4.79 Å². The van der Waals surface area contributed by atoms with Crippen LogP contribution in [0.15, 0.2) is 36.5 Å². The van der Waals surface area contributed by atoms with Crippen molar-refractivity contribution < 1.29 is 19.1 Å². The predicted octanol–water partition coefficient (Wildman–Crippen LogP) is 2.82. The number of anilines is 1. The first-order valence-corrected chi connectivity index (χ1v) is 5.81. The SMILES string of the molecule is O=C(O)c1ccc(NC(=O)c2cc(Cl)ccc2F)nc1. The van der Waals surface area contributed by atoms with Gasteiger partial charge in [0.15, 0.2) is 0 Å². The van der Waals surface area contributed by atoms with Crippen LogP contribution in [0.1, 0.15) is 20.7 Å². The molecule has 1 heterocycles. The van der Waals surface area contributed by atoms with E-state index in [4.69, 9.17) is 16.7 Å². The molecule has 0 unspecified atom stereocenters. The van der Waals surface area contributed by atoms with E-state index < -0.39 is 17.7 Å². The van der Waals surface area contributed by atoms with Crippen molar-refractivity contribution in [3.63, 3.8) is 0 Å². The lowest BCUT2D eigenvalue weighted by molar-refractivity contribution is 0.0696. The smallest absolute Gasteiger partial charge is 0.337 e. The summed E-state index contributed by atoms with van der Waals surface area (Å²) in [4.78, 5) is 26.2. The van der Waals surface area contributed by atoms with Crippen molar-refractivity contribution in [2.24, 2.45) is 0 Å². The van der Waals surface area contributed by atoms with Crippen LogP contribution in [0, 0.1) is 5.82 Å². The van der Waals surface area contributed by atoms with Gasteiger partial charge in [-0.15, -0.1) is 0 Å². The van der Waals surface area contributed by atoms with Crippen molar-refractivity contribution >= 4 is 29.3 Å². The van der Waals surface area contributed by atoms with Crippen LogP contribution in [-0.2, 0) is 0 Å². The fourth-order valence-electron chi connectivity index (χ4n) is 1.45. The third-order valence-electron chi connectivity index (χ3n) is 2.43. The number of carboxylic acids is 1. The summed E-state index contributed by atoms with van der Waals surface area (Å²) in [6, 6.07) is 6.19. The Labute approximate surface area is 118 Å². The first-order chi connectivity index (χ1) is 9.47. The summed E-state index contributed by atoms with van der Waals surface area (Å²) in [7, 11) is 0. The minimum atomic E-state index is -1.13. The molecular weight excluding hydrogens is 287 g/mol. The van der Waals surface area contributed by atoms with Gasteiger partial charge in [0.1, 0.15) is 11.6 Å². The number of amides is 1. The van der Waals surface area contributed by atoms with E-state index in [2.05, 4.69) is 10.3 Å². The fourth-order valence-corrected chi connectivity index (χ4v) is 1.62. The first kappa shape index (κ1) is 14.0. The number of carboxylic acid groups (broad SMARTS) is 1. The van der Waals surface area contributed by atoms with E-state index in [-0.39, 0.29) is 22.0 Å². The van der Waals surface area contributed by atoms with Gasteiger partial charge in [-0.2, -0.15) is 0 Å². The van der Waals surface area contributed by atoms with Crippen molar-refractivity contribution in [1.29, 1.82) is 0 Å². The van der Waals surface area contributed by atoms with Gasteiger partial charge in [0, 0.05) is 11.2 Å². The van der Waals surface area contributed by atoms with Crippen molar-refractivity contribution in [3.05, 3.63) is 58.5 Å². The molecule has 2 rings (SSSR count). The average molecular weight is 295 g/mol. The van der Waals surface area contributed by atoms with Crippen LogP contribution in [0.4, 0.5) is 10.2 Å². The molecule has 102 valence electrons. The molecule has 1 aromatic heterocycles. The normalized spacial score (nSPS) is 10.1. The zero-order valence-corrected chi connectivity index (χ0v) is 10.7. The molecule has 0 spiro atoms. The molecule has 0 atom stereocenters. The number of benzene rings is 1. The summed E-state index contributed by atoms with van der Waals surface area (Å²) in [6.07, 6.45) is 1.09. The second-order valence-corrected chi connectivity index (χ2v) is 4.25. The molecule has 20 heavy (non-hydrogen) atoms. The number of aromatic carboxylic acids is 1. The highest BCUT2D eigenvalue weighted by molar-refractivity contribution is 6.31. The van der Waals surface area contributed by atoms with Gasteiger partial charge in [-0.05, 0) is 30.3 Å². The van der Waals surface area contributed by atoms with Gasteiger partial charge in [0.2, 0.25) is 0 Å². The summed E-state index contributed by atoms with van der Waals surface area (Å²) in [5.41, 5.74) is -0.237. The molecule has 0 aliphatic carbocycles. The number of hydrogen-bond acceptors (Lipinski definition) is 3. The second-order valence-electron chi connectivity index (χ2n) is 3.82. The standard InChI is InChI=1S/C13H8ClFN2O3/c14-8-2-3-10(15)9(5-8)12(18)17-11-4-1-7(6-16-11)13(19)20/h1-6H,(H,19,20)(H,16,17,18). The van der Waals surface area contributed by atoms with Crippen LogP contribution in [0.3, 0.4) is 0 Å². The molecule has 0 radical (unpaired) electrons. The third kappa shape index (κ3) is 3.10. The highest BCUT2D eigenvalue weighted by Crippen LogP contribution is 2.16. The van der Waals surface area contributed by atoms with E-state index in [9.17, 15) is 14.0 Å². The zero-order valence-electron chi connectivity index (χ0n) is 9.93. The first-order valence-electron chi connectivity index (χ1n) is 5.43. The lowest BCUT2D eigenvalue weighted by Gasteiger charge is -2.06. The fraction of sp³-hybridized carbons (Fsp3) is 0. The van der Waals surface area contributed by atoms with Crippen LogP contribution in [0.2, 0.25) is 5.02 Å². The molecule has 2 N–H and O–H groups in total. The Hall–Kier alpha value is -2.47. The Bertz CT molecular complexity index is 674. The van der Waals surface area contributed by atoms with Crippen LogP contribution < -0.4 is 5.32 Å². The van der Waals surface area contributed by atoms with Crippen molar-refractivity contribution in [1.82, 2.24) is 4.98 Å². The van der Waals surface area contributed by atoms with Crippen LogP contribution in [-0.4, -0.2) is 22.0 Å². The minimum absolute atomic E-state index is 0.0167. The number of hydrogen-bond donors (Lipinski definition) is 2. The van der Waals surface area contributed by atoms with Gasteiger partial charge >= 0.3 is 5.97 Å². The van der Waals surface area contributed by atoms with Crippen molar-refractivity contribution in [2.45, 2.75) is 0 Å². The van der Waals surface area contributed by atoms with Gasteiger partial charge < -0.3 is 10.4 Å². The maximum atomic E-state index is 13.5. The molecule has 0 saturated carbocycles. The number of halogens is 2. The van der Waals surface area contributed by atoms with Gasteiger partial charge in [0.25, 0.3) is 5.91 Å². The van der Waals surface area contributed by atoms with Crippen molar-refractivity contribution in [2.75, 3.05) is 5.32 Å². The maximum Gasteiger partial charge on any atom is 0.337 e. The molecule has 0 aliphatic heterocycles. The number of rotatable bonds is 3. The van der Waals surface area contributed by atoms with E-state index >= 15 is 0 Å². The number of carbonyl (C=O) groups excluding carboxylic acids is 1. The van der Waals surface area contributed by atoms with E-state index in [0.29, 0.717) is 0 Å². The van der Waals surface area contributed by atoms with E-state index in [1.54, 1.807) is 0 Å². The summed E-state index contributed by atoms with van der Waals surface area (Å²) in [5.74, 6) is -2.45. The quantitative estimate of drug-likeness (QED) is 0.912. The number of aromatic nitrogens is 1. The van der Waals surface area contributed by atoms with Crippen LogP contribution in [0.25, 0.3) is 0 Å². The number of nitrogens with one attached hydrogen (secondary N) is 1. The number of carbonyl (C=O) groups is 2. The topological polar surface area (TPSA) is 79.3 Å². The minimum Gasteiger partial charge on any atom is -0.478 e. The third-order valence-corrected chi connectivity index (χ3v) is 2.66. The summed E-state index contributed by atoms with van der Waals surface area (Å²) < 4.78 is 13.5. The van der Waals surface area contributed by atoms with E-state index in [1.807, 2.05) is 0 Å². The number of nitrogens with zero attached hydrogens (tertiary/aromatic N) is 1. The van der Waals surface area contributed by atoms with E-state index in [0.717, 1.165) is 12.3 Å². The van der Waals surface area contributed by atoms with Crippen LogP contribution >= 0.6 is 11.6 Å². The average Bonchev–Trinajstić information content (AvgIpc) is 2.42. The lowest BCUT2D eigenvalue weighted by atomic mass is 10.2. The highest BCUT2D eigenvalue weighted by atomic mass is 35.5. The molecule has 7 heteroatoms. The zero-order chi connectivity index (χ0) is 14.7. The molecule has 5 nitrogen and oxygen atoms in total. The molecule has 0 aliphatic rings. The van der Waals surface area contributed by atoms with Crippen molar-refractivity contribution in [3.8, 4) is 0 Å². The van der Waals surface area contributed by atoms with E-state index in [1.165, 1.54) is 24.3 Å². The largest absolute Gasteiger partial charge is 0.478 e. The summed E-state index contributed by atoms with van der Waals surface area (Å²) in [5, 5.41) is 11.3. The lowest BCUT2D eigenvalue weighted by Crippen LogP contribution is -2.15. The Kier molecular flexibility index (Phi) is 3.95. The Morgan fingerprint density at radius 3 is 2.60 bits per heavy atom. The molecule has 0 fully saturated rings. The molecule has 1 amide bonds. The Balaban J connectivity index is 2.19. The Morgan fingerprint density at radius 2 is 2.00 bits per heavy atom. The maximum absolute atomic E-state index is 13.5. The van der Waals surface area contributed by atoms with Gasteiger partial charge in [-0.1, -0.05) is 11.6 Å². The van der Waals surface area contributed by atoms with Gasteiger partial charge in [-0.25, -0.2) is 14.2 Å². The Morgan fingerprint density at radius 1 is 1.25 bits per heavy atom.